The van der Waals surface area contributed by atoms with Gasteiger partial charge in [-0.05, 0) is 105 Å². The average molecular weight is 941 g/mol. The highest BCUT2D eigenvalue weighted by molar-refractivity contribution is 7.90. The second-order valence-corrected chi connectivity index (χ2v) is 21.0. The molecule has 0 bridgehead atoms. The highest BCUT2D eigenvalue weighted by atomic mass is 35.5. The van der Waals surface area contributed by atoms with Crippen LogP contribution in [0, 0.1) is 15.5 Å². The molecule has 8 rings (SSSR count). The van der Waals surface area contributed by atoms with Gasteiger partial charge < -0.3 is 29.0 Å². The number of allylic oxidation sites excluding steroid dienone is 1. The lowest BCUT2D eigenvalue weighted by Gasteiger charge is -2.39. The van der Waals surface area contributed by atoms with Crippen molar-refractivity contribution < 1.29 is 37.1 Å². The second-order valence-electron chi connectivity index (χ2n) is 18.8. The monoisotopic (exact) mass is 939 g/mol. The third-order valence-corrected chi connectivity index (χ3v) is 13.7. The molecule has 3 aromatic carbocycles. The van der Waals surface area contributed by atoms with Gasteiger partial charge in [0.05, 0.1) is 28.1 Å². The summed E-state index contributed by atoms with van der Waals surface area (Å²) >= 11 is 6.24. The molecule has 3 aliphatic rings. The Morgan fingerprint density at radius 3 is 2.47 bits per heavy atom. The van der Waals surface area contributed by atoms with Crippen LogP contribution in [0.3, 0.4) is 0 Å². The molecule has 1 unspecified atom stereocenters. The molecule has 2 saturated heterocycles. The summed E-state index contributed by atoms with van der Waals surface area (Å²) in [5.41, 5.74) is 4.29. The first-order chi connectivity index (χ1) is 31.3. The molecule has 16 nitrogen and oxygen atoms in total. The predicted molar refractivity (Wildman–Crippen MR) is 252 cm³/mol. The Bertz CT molecular complexity index is 2800. The van der Waals surface area contributed by atoms with Gasteiger partial charge in [0, 0.05) is 80.1 Å². The number of carbonyl (C=O) groups is 2. The van der Waals surface area contributed by atoms with E-state index in [0.717, 1.165) is 67.1 Å². The quantitative estimate of drug-likeness (QED) is 0.0893. The maximum Gasteiger partial charge on any atom is 0.410 e. The van der Waals surface area contributed by atoms with Crippen LogP contribution in [0.1, 0.15) is 76.2 Å². The molecule has 2 N–H and O–H groups in total. The van der Waals surface area contributed by atoms with E-state index in [1.54, 1.807) is 45.2 Å². The molecule has 2 aromatic heterocycles. The number of pyridine rings is 1. The number of nitro benzene ring substituents is 1. The largest absolute Gasteiger partial charge is 0.482 e. The third kappa shape index (κ3) is 10.9. The molecular weight excluding hydrogens is 886 g/mol. The number of aromatic nitrogens is 2. The van der Waals surface area contributed by atoms with E-state index in [1.165, 1.54) is 39.9 Å². The van der Waals surface area contributed by atoms with Crippen LogP contribution < -0.4 is 19.1 Å². The predicted octanol–water partition coefficient (Wildman–Crippen LogP) is 9.21. The highest BCUT2D eigenvalue weighted by Crippen LogP contribution is 2.43. The number of carbonyl (C=O) groups excluding carboxylic acids is 2. The number of sulfonamides is 1. The second kappa shape index (κ2) is 18.6. The highest BCUT2D eigenvalue weighted by Gasteiger charge is 2.34. The number of nitrogens with one attached hydrogen (secondary N) is 2. The zero-order valence-corrected chi connectivity index (χ0v) is 39.2. The molecule has 0 radical (unpaired) electrons. The van der Waals surface area contributed by atoms with Crippen LogP contribution in [0.5, 0.6) is 17.2 Å². The molecule has 1 aliphatic carbocycles. The maximum absolute atomic E-state index is 14.0. The minimum Gasteiger partial charge on any atom is -0.482 e. The van der Waals surface area contributed by atoms with Crippen molar-refractivity contribution in [2.45, 2.75) is 76.9 Å². The molecule has 18 heteroatoms. The van der Waals surface area contributed by atoms with Gasteiger partial charge in [-0.3, -0.25) is 19.8 Å². The SMILES string of the molecule is CC1(C)CCC(CN2CCN(c3ccc(C(=O)NS(=O)(=O)c4ccc(OC5CCN(C(=O)OC(C)(C)C)C5)c([N+](=O)[O-])c4)c(Oc4cnc5[nH]ccc5c4)c3)CC2)=C(c2ccc(Cl)cc2)C1. The third-order valence-electron chi connectivity index (χ3n) is 12.1. The minimum absolute atomic E-state index is 0.0813. The number of fused-ring (bicyclic) bond motifs is 1. The molecule has 1 atom stereocenters. The maximum atomic E-state index is 14.0. The van der Waals surface area contributed by atoms with Gasteiger partial charge in [0.1, 0.15) is 28.9 Å². The zero-order chi connectivity index (χ0) is 47.0. The Morgan fingerprint density at radius 1 is 0.985 bits per heavy atom. The number of ether oxygens (including phenoxy) is 3. The first-order valence-electron chi connectivity index (χ1n) is 22.0. The van der Waals surface area contributed by atoms with Crippen LogP contribution in [0.4, 0.5) is 16.2 Å². The van der Waals surface area contributed by atoms with Crippen molar-refractivity contribution in [3.8, 4) is 17.2 Å². The van der Waals surface area contributed by atoms with Crippen LogP contribution in [-0.4, -0.2) is 103 Å². The van der Waals surface area contributed by atoms with E-state index in [2.05, 4.69) is 50.5 Å². The van der Waals surface area contributed by atoms with Crippen molar-refractivity contribution in [1.29, 1.82) is 0 Å². The van der Waals surface area contributed by atoms with Gasteiger partial charge in [-0.25, -0.2) is 22.9 Å². The number of aromatic amines is 1. The Labute approximate surface area is 389 Å². The van der Waals surface area contributed by atoms with Gasteiger partial charge in [0.15, 0.2) is 5.75 Å². The first-order valence-corrected chi connectivity index (χ1v) is 23.8. The summed E-state index contributed by atoms with van der Waals surface area (Å²) in [4.78, 5) is 51.1. The Morgan fingerprint density at radius 2 is 1.74 bits per heavy atom. The molecule has 5 aromatic rings. The van der Waals surface area contributed by atoms with Crippen molar-refractivity contribution in [3.05, 3.63) is 117 Å². The number of likely N-dealkylation sites (tertiary alicyclic amines) is 1. The number of hydrogen-bond acceptors (Lipinski definition) is 12. The van der Waals surface area contributed by atoms with Gasteiger partial charge in [0.25, 0.3) is 15.9 Å². The van der Waals surface area contributed by atoms with Crippen molar-refractivity contribution in [2.75, 3.05) is 50.7 Å². The minimum atomic E-state index is -4.66. The van der Waals surface area contributed by atoms with Crippen molar-refractivity contribution in [3.63, 3.8) is 0 Å². The molecular formula is C48H54ClN7O9S. The summed E-state index contributed by atoms with van der Waals surface area (Å²) in [7, 11) is -4.66. The number of H-pyrrole nitrogens is 1. The van der Waals surface area contributed by atoms with E-state index in [4.69, 9.17) is 25.8 Å². The molecule has 0 saturated carbocycles. The van der Waals surface area contributed by atoms with Gasteiger partial charge in [-0.1, -0.05) is 43.2 Å². The van der Waals surface area contributed by atoms with E-state index in [1.807, 2.05) is 18.2 Å². The van der Waals surface area contributed by atoms with E-state index in [9.17, 15) is 28.1 Å². The normalized spacial score (nSPS) is 18.1. The van der Waals surface area contributed by atoms with Crippen molar-refractivity contribution in [2.24, 2.45) is 5.41 Å². The van der Waals surface area contributed by atoms with E-state index in [0.29, 0.717) is 37.5 Å². The van der Waals surface area contributed by atoms with Gasteiger partial charge in [0.2, 0.25) is 0 Å². The lowest BCUT2D eigenvalue weighted by Crippen LogP contribution is -2.47. The van der Waals surface area contributed by atoms with Gasteiger partial charge in [-0.15, -0.1) is 0 Å². The molecule has 2 fully saturated rings. The van der Waals surface area contributed by atoms with Crippen LogP contribution in [0.2, 0.25) is 5.02 Å². The van der Waals surface area contributed by atoms with Crippen molar-refractivity contribution in [1.82, 2.24) is 24.5 Å². The first kappa shape index (κ1) is 46.4. The molecule has 2 amide bonds. The summed E-state index contributed by atoms with van der Waals surface area (Å²) in [5.74, 6) is -0.773. The van der Waals surface area contributed by atoms with Gasteiger partial charge >= 0.3 is 11.8 Å². The summed E-state index contributed by atoms with van der Waals surface area (Å²) in [6.45, 7) is 14.2. The summed E-state index contributed by atoms with van der Waals surface area (Å²) in [5, 5.41) is 13.7. The fourth-order valence-electron chi connectivity index (χ4n) is 8.62. The standard InChI is InChI=1S/C48H54ClN7O9S/c1-47(2,3)65-46(58)55-19-16-36(30-55)63-42-13-11-38(26-41(42)56(59)60)66(61,62)52-45(57)39-12-10-35(25-43(39)64-37-24-32-15-18-50-44(32)51-28-37)54-22-20-53(21-23-54)29-33-14-17-48(4,5)27-40(33)31-6-8-34(49)9-7-31/h6-13,15,18,24-26,28,36H,14,16-17,19-23,27,29-30H2,1-5H3,(H,50,51)(H,52,57). The van der Waals surface area contributed by atoms with Crippen LogP contribution in [-0.2, 0) is 14.8 Å². The Hall–Kier alpha value is -6.17. The number of nitrogens with zero attached hydrogens (tertiary/aromatic N) is 5. The lowest BCUT2D eigenvalue weighted by molar-refractivity contribution is -0.386. The van der Waals surface area contributed by atoms with E-state index < -0.39 is 49.2 Å². The molecule has 348 valence electrons. The molecule has 4 heterocycles. The molecule has 66 heavy (non-hydrogen) atoms. The fourth-order valence-corrected chi connectivity index (χ4v) is 9.73. The molecule has 2 aliphatic heterocycles. The summed E-state index contributed by atoms with van der Waals surface area (Å²) in [6.07, 6.45) is 5.65. The number of anilines is 1. The van der Waals surface area contributed by atoms with Crippen LogP contribution in [0.25, 0.3) is 16.6 Å². The van der Waals surface area contributed by atoms with Crippen molar-refractivity contribution >= 4 is 61.6 Å². The van der Waals surface area contributed by atoms with Crippen LogP contribution >= 0.6 is 11.6 Å². The number of nitro groups is 1. The summed E-state index contributed by atoms with van der Waals surface area (Å²) < 4.78 is 47.3. The fraction of sp³-hybridized carbons (Fsp3) is 0.396. The number of piperazine rings is 1. The smallest absolute Gasteiger partial charge is 0.410 e. The number of halogens is 1. The number of hydrogen-bond donors (Lipinski definition) is 2. The summed E-state index contributed by atoms with van der Waals surface area (Å²) in [6, 6.07) is 19.8. The molecule has 0 spiro atoms. The Balaban J connectivity index is 0.989. The topological polar surface area (TPSA) is 190 Å². The number of rotatable bonds is 12. The van der Waals surface area contributed by atoms with Crippen LogP contribution in [0.15, 0.2) is 95.7 Å². The number of benzene rings is 3. The van der Waals surface area contributed by atoms with E-state index in [-0.39, 0.29) is 29.0 Å². The lowest BCUT2D eigenvalue weighted by atomic mass is 9.72. The zero-order valence-electron chi connectivity index (χ0n) is 37.6. The number of amides is 2. The van der Waals surface area contributed by atoms with E-state index >= 15 is 0 Å². The van der Waals surface area contributed by atoms with Gasteiger partial charge in [-0.2, -0.15) is 0 Å². The Kier molecular flexibility index (Phi) is 13.1. The average Bonchev–Trinajstić information content (AvgIpc) is 3.94.